The summed E-state index contributed by atoms with van der Waals surface area (Å²) in [6.45, 7) is 0. The van der Waals surface area contributed by atoms with Crippen molar-refractivity contribution in [2.45, 2.75) is 18.1 Å². The highest BCUT2D eigenvalue weighted by Gasteiger charge is 2.52. The number of alkyl halides is 2. The van der Waals surface area contributed by atoms with Crippen LogP contribution in [0.15, 0.2) is 84.9 Å². The number of fused-ring (bicyclic) bond motifs is 2. The Labute approximate surface area is 155 Å². The Morgan fingerprint density at radius 2 is 1.15 bits per heavy atom. The minimum atomic E-state index is -3.77. The van der Waals surface area contributed by atoms with Crippen molar-refractivity contribution in [1.82, 2.24) is 0 Å². The molecule has 0 aliphatic heterocycles. The van der Waals surface area contributed by atoms with Crippen molar-refractivity contribution in [1.29, 1.82) is 0 Å². The van der Waals surface area contributed by atoms with E-state index < -0.39 is 18.1 Å². The van der Waals surface area contributed by atoms with Crippen LogP contribution < -0.4 is 0 Å². The van der Waals surface area contributed by atoms with Crippen LogP contribution in [0, 0.1) is 0 Å². The number of hydrogen-bond donors (Lipinski definition) is 2. The lowest BCUT2D eigenvalue weighted by Crippen LogP contribution is -2.46. The first-order valence-corrected chi connectivity index (χ1v) is 8.66. The highest BCUT2D eigenvalue weighted by atomic mass is 19.3. The Morgan fingerprint density at radius 3 is 1.78 bits per heavy atom. The van der Waals surface area contributed by atoms with Gasteiger partial charge in [-0.3, -0.25) is 0 Å². The maximum Gasteiger partial charge on any atom is 0.308 e. The third kappa shape index (κ3) is 3.18. The molecule has 0 bridgehead atoms. The molecule has 4 heteroatoms. The number of benzene rings is 4. The van der Waals surface area contributed by atoms with Gasteiger partial charge in [-0.25, -0.2) is 0 Å². The summed E-state index contributed by atoms with van der Waals surface area (Å²) >= 11 is 0. The summed E-state index contributed by atoms with van der Waals surface area (Å²) in [5.41, 5.74) is 0.110. The zero-order chi connectivity index (χ0) is 19.1. The van der Waals surface area contributed by atoms with E-state index in [1.165, 1.54) is 12.1 Å². The lowest BCUT2D eigenvalue weighted by molar-refractivity contribution is -0.304. The molecule has 0 aliphatic rings. The van der Waals surface area contributed by atoms with E-state index in [-0.39, 0.29) is 5.56 Å². The second-order valence-electron chi connectivity index (χ2n) is 6.80. The fourth-order valence-electron chi connectivity index (χ4n) is 3.35. The third-order valence-electron chi connectivity index (χ3n) is 4.90. The van der Waals surface area contributed by atoms with Crippen LogP contribution in [0.25, 0.3) is 21.5 Å². The minimum Gasteiger partial charge on any atom is -0.357 e. The van der Waals surface area contributed by atoms with Crippen LogP contribution in [0.1, 0.15) is 11.1 Å². The molecule has 0 heterocycles. The predicted octanol–water partition coefficient (Wildman–Crippen LogP) is 5.01. The Morgan fingerprint density at radius 1 is 0.630 bits per heavy atom. The molecule has 0 radical (unpaired) electrons. The largest absolute Gasteiger partial charge is 0.357 e. The standard InChI is InChI=1S/C23H18F2O2/c24-22(25,15-16-9-10-17-5-1-3-7-19(17)13-16)23(26,27)21-12-11-18-6-2-4-8-20(18)14-21/h1-14,26-27H,15H2. The third-order valence-corrected chi connectivity index (χ3v) is 4.90. The summed E-state index contributed by atoms with van der Waals surface area (Å²) < 4.78 is 29.7. The molecule has 0 fully saturated rings. The fourth-order valence-corrected chi connectivity index (χ4v) is 3.35. The maximum atomic E-state index is 14.9. The lowest BCUT2D eigenvalue weighted by atomic mass is 9.92. The number of hydrogen-bond acceptors (Lipinski definition) is 2. The molecule has 0 amide bonds. The van der Waals surface area contributed by atoms with Gasteiger partial charge in [-0.15, -0.1) is 0 Å². The van der Waals surface area contributed by atoms with Gasteiger partial charge in [-0.2, -0.15) is 8.78 Å². The van der Waals surface area contributed by atoms with E-state index in [1.807, 2.05) is 36.4 Å². The summed E-state index contributed by atoms with van der Waals surface area (Å²) in [5, 5.41) is 24.0. The maximum absolute atomic E-state index is 14.9. The highest BCUT2D eigenvalue weighted by Crippen LogP contribution is 2.39. The Kier molecular flexibility index (Phi) is 4.17. The van der Waals surface area contributed by atoms with Crippen LogP contribution in [0.4, 0.5) is 8.78 Å². The average molecular weight is 364 g/mol. The molecular weight excluding hydrogens is 346 g/mol. The topological polar surface area (TPSA) is 40.5 Å². The Bertz CT molecular complexity index is 1120. The van der Waals surface area contributed by atoms with Crippen LogP contribution >= 0.6 is 0 Å². The van der Waals surface area contributed by atoms with Crippen molar-refractivity contribution in [3.8, 4) is 0 Å². The van der Waals surface area contributed by atoms with Crippen molar-refractivity contribution >= 4 is 21.5 Å². The summed E-state index contributed by atoms with van der Waals surface area (Å²) in [4.78, 5) is 0. The first kappa shape index (κ1) is 17.6. The number of rotatable bonds is 4. The van der Waals surface area contributed by atoms with Crippen molar-refractivity contribution in [3.05, 3.63) is 96.1 Å². The minimum absolute atomic E-state index is 0.230. The van der Waals surface area contributed by atoms with Gasteiger partial charge < -0.3 is 10.2 Å². The van der Waals surface area contributed by atoms with Gasteiger partial charge >= 0.3 is 5.92 Å². The van der Waals surface area contributed by atoms with E-state index in [0.29, 0.717) is 10.9 Å². The Hall–Kier alpha value is -2.82. The van der Waals surface area contributed by atoms with Gasteiger partial charge in [-0.05, 0) is 33.2 Å². The van der Waals surface area contributed by atoms with Gasteiger partial charge in [0.1, 0.15) is 0 Å². The lowest BCUT2D eigenvalue weighted by Gasteiger charge is -2.31. The first-order valence-electron chi connectivity index (χ1n) is 8.66. The van der Waals surface area contributed by atoms with E-state index >= 15 is 0 Å². The molecule has 4 rings (SSSR count). The summed E-state index contributed by atoms with van der Waals surface area (Å²) in [6, 6.07) is 24.0. The molecule has 0 saturated carbocycles. The zero-order valence-electron chi connectivity index (χ0n) is 14.4. The van der Waals surface area contributed by atoms with Crippen molar-refractivity contribution in [2.24, 2.45) is 0 Å². The first-order chi connectivity index (χ1) is 12.9. The van der Waals surface area contributed by atoms with Crippen LogP contribution in [0.5, 0.6) is 0 Å². The molecular formula is C23H18F2O2. The van der Waals surface area contributed by atoms with Crippen molar-refractivity contribution in [3.63, 3.8) is 0 Å². The van der Waals surface area contributed by atoms with Crippen LogP contribution in [0.2, 0.25) is 0 Å². The molecule has 0 aliphatic carbocycles. The monoisotopic (exact) mass is 364 g/mol. The molecule has 0 atom stereocenters. The second-order valence-corrected chi connectivity index (χ2v) is 6.80. The molecule has 0 unspecified atom stereocenters. The summed E-state index contributed by atoms with van der Waals surface area (Å²) in [6.07, 6.45) is -0.780. The molecule has 0 spiro atoms. The van der Waals surface area contributed by atoms with E-state index in [4.69, 9.17) is 0 Å². The SMILES string of the molecule is OC(O)(c1ccc2ccccc2c1)C(F)(F)Cc1ccc2ccccc2c1. The van der Waals surface area contributed by atoms with E-state index in [9.17, 15) is 19.0 Å². The molecule has 2 nitrogen and oxygen atoms in total. The number of aliphatic hydroxyl groups is 2. The fraction of sp³-hybridized carbons (Fsp3) is 0.130. The van der Waals surface area contributed by atoms with Gasteiger partial charge in [0.15, 0.2) is 0 Å². The second kappa shape index (κ2) is 6.41. The van der Waals surface area contributed by atoms with Gasteiger partial charge in [0.05, 0.1) is 0 Å². The summed E-state index contributed by atoms with van der Waals surface area (Å²) in [5.74, 6) is -7.04. The highest BCUT2D eigenvalue weighted by molar-refractivity contribution is 5.84. The van der Waals surface area contributed by atoms with Crippen LogP contribution in [-0.2, 0) is 12.2 Å². The molecule has 2 N–H and O–H groups in total. The number of halogens is 2. The van der Waals surface area contributed by atoms with Gasteiger partial charge in [-0.1, -0.05) is 78.9 Å². The van der Waals surface area contributed by atoms with E-state index in [2.05, 4.69) is 0 Å². The van der Waals surface area contributed by atoms with E-state index in [0.717, 1.165) is 16.2 Å². The molecule has 4 aromatic rings. The molecule has 4 aromatic carbocycles. The van der Waals surface area contributed by atoms with Crippen LogP contribution in [-0.4, -0.2) is 16.1 Å². The molecule has 0 saturated heterocycles. The predicted molar refractivity (Wildman–Crippen MR) is 103 cm³/mol. The van der Waals surface area contributed by atoms with Gasteiger partial charge in [0.25, 0.3) is 5.79 Å². The van der Waals surface area contributed by atoms with Gasteiger partial charge in [0, 0.05) is 12.0 Å². The Balaban J connectivity index is 1.69. The molecule has 136 valence electrons. The average Bonchev–Trinajstić information content (AvgIpc) is 2.67. The van der Waals surface area contributed by atoms with Crippen molar-refractivity contribution in [2.75, 3.05) is 0 Å². The zero-order valence-corrected chi connectivity index (χ0v) is 14.4. The van der Waals surface area contributed by atoms with Crippen molar-refractivity contribution < 1.29 is 19.0 Å². The summed E-state index contributed by atoms with van der Waals surface area (Å²) in [7, 11) is 0. The quantitative estimate of drug-likeness (QED) is 0.500. The normalized spacial score (nSPS) is 12.6. The molecule has 0 aromatic heterocycles. The van der Waals surface area contributed by atoms with Crippen LogP contribution in [0.3, 0.4) is 0 Å². The van der Waals surface area contributed by atoms with E-state index in [1.54, 1.807) is 36.4 Å². The van der Waals surface area contributed by atoms with Gasteiger partial charge in [0.2, 0.25) is 0 Å². The molecule has 27 heavy (non-hydrogen) atoms. The smallest absolute Gasteiger partial charge is 0.308 e.